The van der Waals surface area contributed by atoms with Gasteiger partial charge in [0.2, 0.25) is 0 Å². The van der Waals surface area contributed by atoms with E-state index in [9.17, 15) is 5.26 Å². The molecule has 1 aliphatic rings. The van der Waals surface area contributed by atoms with Crippen LogP contribution in [-0.4, -0.2) is 27.3 Å². The van der Waals surface area contributed by atoms with E-state index in [1.165, 1.54) is 14.2 Å². The second-order valence-electron chi connectivity index (χ2n) is 6.31. The van der Waals surface area contributed by atoms with Gasteiger partial charge in [-0.25, -0.2) is 0 Å². The average molecular weight is 377 g/mol. The molecule has 1 heterocycles. The third-order valence-electron chi connectivity index (χ3n) is 4.87. The molecule has 2 unspecified atom stereocenters. The van der Waals surface area contributed by atoms with Crippen molar-refractivity contribution >= 4 is 5.76 Å². The summed E-state index contributed by atoms with van der Waals surface area (Å²) in [5.74, 6) is -1.77. The highest BCUT2D eigenvalue weighted by Crippen LogP contribution is 2.50. The Morgan fingerprint density at radius 2 is 1.57 bits per heavy atom. The minimum atomic E-state index is -1.42. The van der Waals surface area contributed by atoms with Crippen molar-refractivity contribution in [3.63, 3.8) is 0 Å². The summed E-state index contributed by atoms with van der Waals surface area (Å²) >= 11 is 0. The Kier molecular flexibility index (Phi) is 6.15. The number of hydrogen-bond donors (Lipinski definition) is 0. The van der Waals surface area contributed by atoms with Crippen LogP contribution in [0.5, 0.6) is 0 Å². The third kappa shape index (κ3) is 3.53. The third-order valence-corrected chi connectivity index (χ3v) is 4.87. The van der Waals surface area contributed by atoms with Crippen LogP contribution < -0.4 is 0 Å². The summed E-state index contributed by atoms with van der Waals surface area (Å²) in [7, 11) is 4.62. The number of ether oxygens (including phenoxy) is 4. The number of methoxy groups -OCH3 is 3. The van der Waals surface area contributed by atoms with Crippen LogP contribution >= 0.6 is 0 Å². The topological polar surface area (TPSA) is 60.7 Å². The number of nitrogens with zero attached hydrogens (tertiary/aromatic N) is 1. The lowest BCUT2D eigenvalue weighted by atomic mass is 9.76. The number of hydrogen-bond acceptors (Lipinski definition) is 5. The van der Waals surface area contributed by atoms with Gasteiger partial charge in [-0.05, 0) is 11.6 Å². The van der Waals surface area contributed by atoms with Crippen molar-refractivity contribution in [3.05, 3.63) is 89.7 Å². The van der Waals surface area contributed by atoms with E-state index in [4.69, 9.17) is 18.9 Å². The maximum Gasteiger partial charge on any atom is 0.334 e. The molecule has 2 aromatic carbocycles. The summed E-state index contributed by atoms with van der Waals surface area (Å²) in [4.78, 5) is 0. The fraction of sp³-hybridized carbons (Fsp3) is 0.261. The molecule has 0 amide bonds. The minimum Gasteiger partial charge on any atom is -0.505 e. The molecule has 0 radical (unpaired) electrons. The van der Waals surface area contributed by atoms with Gasteiger partial charge in [-0.1, -0.05) is 60.7 Å². The smallest absolute Gasteiger partial charge is 0.334 e. The van der Waals surface area contributed by atoms with Crippen LogP contribution in [0.3, 0.4) is 0 Å². The molecule has 0 spiro atoms. The Hall–Kier alpha value is -3.07. The fourth-order valence-corrected chi connectivity index (χ4v) is 3.58. The van der Waals surface area contributed by atoms with Crippen molar-refractivity contribution in [2.45, 2.75) is 11.9 Å². The van der Waals surface area contributed by atoms with Gasteiger partial charge in [0.05, 0.1) is 30.9 Å². The lowest BCUT2D eigenvalue weighted by Crippen LogP contribution is -2.49. The molecule has 5 heteroatoms. The molecule has 0 aliphatic carbocycles. The Labute approximate surface area is 165 Å². The van der Waals surface area contributed by atoms with Gasteiger partial charge in [-0.3, -0.25) is 0 Å². The Bertz CT molecular complexity index is 880. The van der Waals surface area contributed by atoms with Crippen LogP contribution in [-0.2, 0) is 18.9 Å². The number of rotatable bonds is 6. The molecule has 0 fully saturated rings. The molecule has 0 saturated carbocycles. The number of benzene rings is 2. The highest BCUT2D eigenvalue weighted by molar-refractivity contribution is 5.70. The molecular weight excluding hydrogens is 354 g/mol. The van der Waals surface area contributed by atoms with Crippen LogP contribution in [0.25, 0.3) is 5.76 Å². The summed E-state index contributed by atoms with van der Waals surface area (Å²) in [5.41, 5.74) is 2.25. The largest absolute Gasteiger partial charge is 0.505 e. The molecule has 5 nitrogen and oxygen atoms in total. The Morgan fingerprint density at radius 1 is 0.964 bits per heavy atom. The van der Waals surface area contributed by atoms with E-state index >= 15 is 0 Å². The number of allylic oxidation sites excluding steroid dienone is 1. The first-order valence-corrected chi connectivity index (χ1v) is 8.94. The first-order chi connectivity index (χ1) is 13.7. The van der Waals surface area contributed by atoms with Crippen molar-refractivity contribution in [1.29, 1.82) is 5.26 Å². The minimum absolute atomic E-state index is 0.346. The first kappa shape index (κ1) is 19.7. The van der Waals surface area contributed by atoms with E-state index in [2.05, 4.69) is 6.07 Å². The second-order valence-corrected chi connectivity index (χ2v) is 6.31. The predicted molar refractivity (Wildman–Crippen MR) is 106 cm³/mol. The zero-order chi connectivity index (χ0) is 20.0. The summed E-state index contributed by atoms with van der Waals surface area (Å²) in [6, 6.07) is 21.7. The van der Waals surface area contributed by atoms with Crippen LogP contribution in [0.4, 0.5) is 0 Å². The van der Waals surface area contributed by atoms with Gasteiger partial charge in [0.1, 0.15) is 5.76 Å². The van der Waals surface area contributed by atoms with Gasteiger partial charge in [-0.2, -0.15) is 5.26 Å². The highest BCUT2D eigenvalue weighted by atomic mass is 16.9. The average Bonchev–Trinajstić information content (AvgIpc) is 2.77. The van der Waals surface area contributed by atoms with E-state index in [0.717, 1.165) is 11.1 Å². The van der Waals surface area contributed by atoms with Crippen molar-refractivity contribution in [2.75, 3.05) is 21.3 Å². The molecule has 0 N–H and O–H groups in total. The van der Waals surface area contributed by atoms with Crippen molar-refractivity contribution < 1.29 is 18.9 Å². The van der Waals surface area contributed by atoms with Gasteiger partial charge in [-0.15, -0.1) is 0 Å². The van der Waals surface area contributed by atoms with Crippen LogP contribution in [0, 0.1) is 17.2 Å². The Balaban J connectivity index is 2.29. The molecule has 0 bridgehead atoms. The second kappa shape index (κ2) is 8.75. The molecule has 1 aliphatic heterocycles. The SMILES string of the molecule is CO/C=C/C1C(c2ccccc2)C(C#N)=C(c2ccccc2)OC1(OC)OC. The zero-order valence-corrected chi connectivity index (χ0v) is 16.2. The molecule has 28 heavy (non-hydrogen) atoms. The van der Waals surface area contributed by atoms with Crippen LogP contribution in [0.15, 0.2) is 78.6 Å². The summed E-state index contributed by atoms with van der Waals surface area (Å²) in [5, 5.41) is 10.1. The van der Waals surface area contributed by atoms with Gasteiger partial charge < -0.3 is 18.9 Å². The van der Waals surface area contributed by atoms with E-state index in [-0.39, 0.29) is 5.92 Å². The van der Waals surface area contributed by atoms with Crippen LogP contribution in [0.2, 0.25) is 0 Å². The highest BCUT2D eigenvalue weighted by Gasteiger charge is 2.52. The molecule has 2 atom stereocenters. The van der Waals surface area contributed by atoms with Crippen molar-refractivity contribution in [1.82, 2.24) is 0 Å². The fourth-order valence-electron chi connectivity index (χ4n) is 3.58. The lowest BCUT2D eigenvalue weighted by Gasteiger charge is -2.44. The van der Waals surface area contributed by atoms with Crippen LogP contribution in [0.1, 0.15) is 17.0 Å². The quantitative estimate of drug-likeness (QED) is 0.549. The zero-order valence-electron chi connectivity index (χ0n) is 16.2. The summed E-state index contributed by atoms with van der Waals surface area (Å²) in [6.07, 6.45) is 3.36. The van der Waals surface area contributed by atoms with Gasteiger partial charge in [0.15, 0.2) is 0 Å². The van der Waals surface area contributed by atoms with E-state index in [1.54, 1.807) is 13.4 Å². The van der Waals surface area contributed by atoms with E-state index < -0.39 is 11.9 Å². The standard InChI is InChI=1S/C23H23NO4/c1-25-15-14-20-21(17-10-6-4-7-11-17)19(16-24)22(18-12-8-5-9-13-18)28-23(20,26-2)27-3/h4-15,20-21H,1-3H3/b15-14+. The maximum atomic E-state index is 10.1. The molecule has 0 saturated heterocycles. The van der Waals surface area contributed by atoms with Crippen molar-refractivity contribution in [2.24, 2.45) is 5.92 Å². The molecule has 2 aromatic rings. The normalized spacial score (nSPS) is 21.2. The monoisotopic (exact) mass is 377 g/mol. The molecule has 144 valence electrons. The van der Waals surface area contributed by atoms with E-state index in [0.29, 0.717) is 11.3 Å². The predicted octanol–water partition coefficient (Wildman–Crippen LogP) is 4.46. The van der Waals surface area contributed by atoms with Gasteiger partial charge in [0.25, 0.3) is 0 Å². The first-order valence-electron chi connectivity index (χ1n) is 8.94. The molecular formula is C23H23NO4. The molecule has 0 aromatic heterocycles. The van der Waals surface area contributed by atoms with Gasteiger partial charge in [0, 0.05) is 25.7 Å². The lowest BCUT2D eigenvalue weighted by molar-refractivity contribution is -0.361. The Morgan fingerprint density at radius 3 is 2.11 bits per heavy atom. The maximum absolute atomic E-state index is 10.1. The van der Waals surface area contributed by atoms with Crippen molar-refractivity contribution in [3.8, 4) is 6.07 Å². The molecule has 3 rings (SSSR count). The summed E-state index contributed by atoms with van der Waals surface area (Å²) in [6.45, 7) is 0. The van der Waals surface area contributed by atoms with E-state index in [1.807, 2.05) is 66.7 Å². The summed E-state index contributed by atoms with van der Waals surface area (Å²) < 4.78 is 22.9. The van der Waals surface area contributed by atoms with Gasteiger partial charge >= 0.3 is 5.97 Å². The number of nitriles is 1.